The maximum atomic E-state index is 11.3. The van der Waals surface area contributed by atoms with Crippen LogP contribution in [0.1, 0.15) is 19.3 Å². The molecule has 0 aromatic heterocycles. The molecule has 2 rings (SSSR count). The fourth-order valence-corrected chi connectivity index (χ4v) is 4.53. The highest BCUT2D eigenvalue weighted by atomic mass is 32.2. The topological polar surface area (TPSA) is 46.6 Å². The zero-order valence-electron chi connectivity index (χ0n) is 10.1. The molecule has 2 atom stereocenters. The zero-order chi connectivity index (χ0) is 11.8. The molecule has 0 bridgehead atoms. The summed E-state index contributed by atoms with van der Waals surface area (Å²) in [5, 5.41) is 0. The van der Waals surface area contributed by atoms with Crippen LogP contribution in [-0.2, 0) is 14.6 Å². The van der Waals surface area contributed by atoms with Crippen molar-refractivity contribution in [1.29, 1.82) is 0 Å². The predicted octanol–water partition coefficient (Wildman–Crippen LogP) is 0.532. The highest BCUT2D eigenvalue weighted by Gasteiger charge is 2.48. The van der Waals surface area contributed by atoms with Crippen LogP contribution < -0.4 is 0 Å². The van der Waals surface area contributed by atoms with E-state index in [1.54, 1.807) is 7.11 Å². The standard InChI is InChI=1S/C11H21NO3S/c1-15-9-11-4-3-5-12(11)7-10(6-11)8-16(2,13)14/h10H,3-9H2,1-2H3. The van der Waals surface area contributed by atoms with Crippen LogP contribution in [0.3, 0.4) is 0 Å². The minimum absolute atomic E-state index is 0.143. The third kappa shape index (κ3) is 2.41. The molecular weight excluding hydrogens is 226 g/mol. The first-order chi connectivity index (χ1) is 7.45. The SMILES string of the molecule is COCC12CCCN1CC(CS(C)(=O)=O)C2. The van der Waals surface area contributed by atoms with Gasteiger partial charge in [-0.1, -0.05) is 0 Å². The molecule has 0 amide bonds. The molecule has 0 aromatic rings. The van der Waals surface area contributed by atoms with Gasteiger partial charge in [-0.25, -0.2) is 8.42 Å². The van der Waals surface area contributed by atoms with Crippen LogP contribution in [0.5, 0.6) is 0 Å². The first kappa shape index (κ1) is 12.3. The van der Waals surface area contributed by atoms with E-state index in [0.717, 1.165) is 32.5 Å². The van der Waals surface area contributed by atoms with Crippen molar-refractivity contribution in [2.24, 2.45) is 5.92 Å². The van der Waals surface area contributed by atoms with Gasteiger partial charge in [0.25, 0.3) is 0 Å². The Hall–Kier alpha value is -0.130. The van der Waals surface area contributed by atoms with Crippen LogP contribution in [0.25, 0.3) is 0 Å². The van der Waals surface area contributed by atoms with Gasteiger partial charge in [0.15, 0.2) is 0 Å². The van der Waals surface area contributed by atoms with Gasteiger partial charge >= 0.3 is 0 Å². The molecule has 2 aliphatic heterocycles. The zero-order valence-corrected chi connectivity index (χ0v) is 10.9. The van der Waals surface area contributed by atoms with E-state index in [1.165, 1.54) is 12.7 Å². The van der Waals surface area contributed by atoms with E-state index in [9.17, 15) is 8.42 Å². The Morgan fingerprint density at radius 3 is 2.88 bits per heavy atom. The molecule has 0 N–H and O–H groups in total. The minimum Gasteiger partial charge on any atom is -0.383 e. The molecule has 5 heteroatoms. The third-order valence-electron chi connectivity index (χ3n) is 3.84. The van der Waals surface area contributed by atoms with E-state index in [2.05, 4.69) is 4.90 Å². The molecule has 0 spiro atoms. The van der Waals surface area contributed by atoms with Crippen molar-refractivity contribution < 1.29 is 13.2 Å². The lowest BCUT2D eigenvalue weighted by Gasteiger charge is -2.30. The first-order valence-corrected chi connectivity index (χ1v) is 7.93. The fraction of sp³-hybridized carbons (Fsp3) is 1.00. The lowest BCUT2D eigenvalue weighted by atomic mass is 9.91. The Morgan fingerprint density at radius 2 is 2.25 bits per heavy atom. The van der Waals surface area contributed by atoms with E-state index in [-0.39, 0.29) is 5.54 Å². The maximum absolute atomic E-state index is 11.3. The number of methoxy groups -OCH3 is 1. The van der Waals surface area contributed by atoms with E-state index in [0.29, 0.717) is 11.7 Å². The smallest absolute Gasteiger partial charge is 0.147 e. The van der Waals surface area contributed by atoms with Crippen molar-refractivity contribution in [2.45, 2.75) is 24.8 Å². The number of sulfone groups is 1. The summed E-state index contributed by atoms with van der Waals surface area (Å²) in [5.74, 6) is 0.625. The van der Waals surface area contributed by atoms with Crippen molar-refractivity contribution in [2.75, 3.05) is 38.8 Å². The summed E-state index contributed by atoms with van der Waals surface area (Å²) in [6, 6.07) is 0. The first-order valence-electron chi connectivity index (χ1n) is 5.87. The van der Waals surface area contributed by atoms with E-state index >= 15 is 0 Å². The van der Waals surface area contributed by atoms with Gasteiger partial charge in [-0.2, -0.15) is 0 Å². The Labute approximate surface area is 97.9 Å². The van der Waals surface area contributed by atoms with Gasteiger partial charge in [-0.15, -0.1) is 0 Å². The van der Waals surface area contributed by atoms with E-state index in [4.69, 9.17) is 4.74 Å². The summed E-state index contributed by atoms with van der Waals surface area (Å²) in [5.41, 5.74) is 0.143. The average molecular weight is 247 g/mol. The molecule has 0 aliphatic carbocycles. The predicted molar refractivity (Wildman–Crippen MR) is 63.2 cm³/mol. The number of fused-ring (bicyclic) bond motifs is 1. The van der Waals surface area contributed by atoms with E-state index < -0.39 is 9.84 Å². The summed E-state index contributed by atoms with van der Waals surface area (Å²) in [4.78, 5) is 2.44. The summed E-state index contributed by atoms with van der Waals surface area (Å²) in [6.07, 6.45) is 4.68. The second-order valence-corrected chi connectivity index (χ2v) is 7.55. The number of rotatable bonds is 4. The summed E-state index contributed by atoms with van der Waals surface area (Å²) >= 11 is 0. The van der Waals surface area contributed by atoms with Crippen molar-refractivity contribution in [3.63, 3.8) is 0 Å². The van der Waals surface area contributed by atoms with Crippen LogP contribution in [-0.4, -0.2) is 57.7 Å². The highest BCUT2D eigenvalue weighted by molar-refractivity contribution is 7.90. The molecular formula is C11H21NO3S. The monoisotopic (exact) mass is 247 g/mol. The van der Waals surface area contributed by atoms with Crippen LogP contribution in [0.2, 0.25) is 0 Å². The summed E-state index contributed by atoms with van der Waals surface area (Å²) in [6.45, 7) is 2.77. The second-order valence-electron chi connectivity index (χ2n) is 5.37. The Bertz CT molecular complexity index is 354. The third-order valence-corrected chi connectivity index (χ3v) is 4.92. The number of hydrogen-bond acceptors (Lipinski definition) is 4. The largest absolute Gasteiger partial charge is 0.383 e. The van der Waals surface area contributed by atoms with Gasteiger partial charge in [0.2, 0.25) is 0 Å². The lowest BCUT2D eigenvalue weighted by molar-refractivity contribution is 0.0654. The van der Waals surface area contributed by atoms with Gasteiger partial charge in [-0.3, -0.25) is 4.90 Å². The summed E-state index contributed by atoms with van der Waals surface area (Å²) < 4.78 is 28.0. The second kappa shape index (κ2) is 4.27. The number of hydrogen-bond donors (Lipinski definition) is 0. The van der Waals surface area contributed by atoms with Gasteiger partial charge in [-0.05, 0) is 31.7 Å². The van der Waals surface area contributed by atoms with Crippen molar-refractivity contribution in [1.82, 2.24) is 4.90 Å². The molecule has 2 unspecified atom stereocenters. The lowest BCUT2D eigenvalue weighted by Crippen LogP contribution is -2.42. The summed E-state index contributed by atoms with van der Waals surface area (Å²) in [7, 11) is -1.12. The fourth-order valence-electron chi connectivity index (χ4n) is 3.45. The van der Waals surface area contributed by atoms with Gasteiger partial charge < -0.3 is 4.74 Å². The van der Waals surface area contributed by atoms with Crippen molar-refractivity contribution in [3.05, 3.63) is 0 Å². The number of nitrogens with zero attached hydrogens (tertiary/aromatic N) is 1. The molecule has 0 aromatic carbocycles. The molecule has 2 saturated heterocycles. The molecule has 2 fully saturated rings. The van der Waals surface area contributed by atoms with Gasteiger partial charge in [0, 0.05) is 25.4 Å². The van der Waals surface area contributed by atoms with Crippen LogP contribution in [0, 0.1) is 5.92 Å². The normalized spacial score (nSPS) is 35.5. The molecule has 0 radical (unpaired) electrons. The highest BCUT2D eigenvalue weighted by Crippen LogP contribution is 2.41. The van der Waals surface area contributed by atoms with Gasteiger partial charge in [0.1, 0.15) is 9.84 Å². The van der Waals surface area contributed by atoms with Crippen LogP contribution in [0.15, 0.2) is 0 Å². The molecule has 2 aliphatic rings. The van der Waals surface area contributed by atoms with Gasteiger partial charge in [0.05, 0.1) is 12.4 Å². The Balaban J connectivity index is 2.05. The molecule has 94 valence electrons. The molecule has 0 saturated carbocycles. The molecule has 2 heterocycles. The van der Waals surface area contributed by atoms with Crippen LogP contribution in [0.4, 0.5) is 0 Å². The van der Waals surface area contributed by atoms with E-state index in [1.807, 2.05) is 0 Å². The Morgan fingerprint density at radius 1 is 1.50 bits per heavy atom. The van der Waals surface area contributed by atoms with Crippen LogP contribution >= 0.6 is 0 Å². The number of ether oxygens (including phenoxy) is 1. The molecule has 4 nitrogen and oxygen atoms in total. The Kier molecular flexibility index (Phi) is 3.29. The van der Waals surface area contributed by atoms with Crippen molar-refractivity contribution >= 4 is 9.84 Å². The quantitative estimate of drug-likeness (QED) is 0.727. The average Bonchev–Trinajstić information content (AvgIpc) is 2.57. The minimum atomic E-state index is -2.85. The molecule has 16 heavy (non-hydrogen) atoms. The maximum Gasteiger partial charge on any atom is 0.147 e. The van der Waals surface area contributed by atoms with Crippen molar-refractivity contribution in [3.8, 4) is 0 Å².